The normalized spacial score (nSPS) is 15.2. The Bertz CT molecular complexity index is 1090. The Morgan fingerprint density at radius 2 is 1.85 bits per heavy atom. The largest absolute Gasteiger partial charge is 0.493 e. The van der Waals surface area contributed by atoms with Gasteiger partial charge in [-0.3, -0.25) is 4.90 Å². The SMILES string of the molecule is COc1ccc(-c2nc([C@H](C)Oc3nc(C)cc(N)n3)c(C)s2)cc1OCCN1CCCCC1. The minimum Gasteiger partial charge on any atom is -0.493 e. The highest BCUT2D eigenvalue weighted by atomic mass is 32.1. The lowest BCUT2D eigenvalue weighted by molar-refractivity contribution is 0.180. The lowest BCUT2D eigenvalue weighted by Crippen LogP contribution is -2.33. The van der Waals surface area contributed by atoms with Gasteiger partial charge in [-0.15, -0.1) is 11.3 Å². The summed E-state index contributed by atoms with van der Waals surface area (Å²) < 4.78 is 17.6. The second-order valence-corrected chi connectivity index (χ2v) is 9.76. The quantitative estimate of drug-likeness (QED) is 0.463. The number of hydrogen-bond acceptors (Lipinski definition) is 9. The van der Waals surface area contributed by atoms with Crippen molar-refractivity contribution in [2.24, 2.45) is 0 Å². The Kier molecular flexibility index (Phi) is 7.84. The summed E-state index contributed by atoms with van der Waals surface area (Å²) in [5.74, 6) is 1.84. The van der Waals surface area contributed by atoms with Crippen molar-refractivity contribution < 1.29 is 14.2 Å². The molecule has 1 aromatic carbocycles. The van der Waals surface area contributed by atoms with Gasteiger partial charge in [0.25, 0.3) is 0 Å². The number of methoxy groups -OCH3 is 1. The van der Waals surface area contributed by atoms with Gasteiger partial charge in [-0.25, -0.2) is 9.97 Å². The van der Waals surface area contributed by atoms with Crippen LogP contribution in [0.3, 0.4) is 0 Å². The van der Waals surface area contributed by atoms with Crippen LogP contribution in [0.1, 0.15) is 48.6 Å². The fraction of sp³-hybridized carbons (Fsp3) is 0.480. The summed E-state index contributed by atoms with van der Waals surface area (Å²) in [7, 11) is 1.66. The maximum atomic E-state index is 6.14. The van der Waals surface area contributed by atoms with Gasteiger partial charge >= 0.3 is 6.01 Å². The number of thiazole rings is 1. The first-order valence-electron chi connectivity index (χ1n) is 11.7. The van der Waals surface area contributed by atoms with E-state index in [1.165, 1.54) is 19.3 Å². The van der Waals surface area contributed by atoms with E-state index in [2.05, 4.69) is 14.9 Å². The minimum atomic E-state index is -0.315. The number of ether oxygens (including phenoxy) is 3. The molecule has 3 heterocycles. The van der Waals surface area contributed by atoms with Gasteiger partial charge in [0.2, 0.25) is 0 Å². The van der Waals surface area contributed by atoms with Crippen molar-refractivity contribution in [3.05, 3.63) is 40.5 Å². The number of likely N-dealkylation sites (tertiary alicyclic amines) is 1. The minimum absolute atomic E-state index is 0.257. The second kappa shape index (κ2) is 11.0. The number of anilines is 1. The highest BCUT2D eigenvalue weighted by Crippen LogP contribution is 2.36. The van der Waals surface area contributed by atoms with Gasteiger partial charge in [-0.05, 0) is 64.9 Å². The average Bonchev–Trinajstić information content (AvgIpc) is 3.21. The zero-order chi connectivity index (χ0) is 24.1. The van der Waals surface area contributed by atoms with Crippen LogP contribution in [0.25, 0.3) is 10.6 Å². The Labute approximate surface area is 205 Å². The van der Waals surface area contributed by atoms with E-state index in [0.717, 1.165) is 58.0 Å². The predicted octanol–water partition coefficient (Wildman–Crippen LogP) is 4.81. The molecule has 0 saturated carbocycles. The Balaban J connectivity index is 1.48. The fourth-order valence-corrected chi connectivity index (χ4v) is 5.13. The molecule has 9 heteroatoms. The van der Waals surface area contributed by atoms with Gasteiger partial charge in [-0.1, -0.05) is 6.42 Å². The maximum absolute atomic E-state index is 6.14. The summed E-state index contributed by atoms with van der Waals surface area (Å²) in [5, 5.41) is 0.899. The third-order valence-electron chi connectivity index (χ3n) is 5.88. The first-order chi connectivity index (χ1) is 16.4. The van der Waals surface area contributed by atoms with Gasteiger partial charge in [0.05, 0.1) is 12.8 Å². The average molecular weight is 484 g/mol. The van der Waals surface area contributed by atoms with Crippen LogP contribution in [0.5, 0.6) is 17.5 Å². The van der Waals surface area contributed by atoms with E-state index >= 15 is 0 Å². The first kappa shape index (κ1) is 24.2. The molecule has 1 aliphatic heterocycles. The van der Waals surface area contributed by atoms with E-state index in [0.29, 0.717) is 12.4 Å². The summed E-state index contributed by atoms with van der Waals surface area (Å²) in [6.07, 6.45) is 3.56. The molecular formula is C25H33N5O3S. The van der Waals surface area contributed by atoms with Crippen molar-refractivity contribution in [2.45, 2.75) is 46.1 Å². The summed E-state index contributed by atoms with van der Waals surface area (Å²) in [6, 6.07) is 7.92. The van der Waals surface area contributed by atoms with Crippen LogP contribution in [0.15, 0.2) is 24.3 Å². The Morgan fingerprint density at radius 1 is 1.06 bits per heavy atom. The van der Waals surface area contributed by atoms with Gasteiger partial charge in [0, 0.05) is 28.7 Å². The lowest BCUT2D eigenvalue weighted by atomic mass is 10.1. The number of rotatable bonds is 9. The molecule has 34 heavy (non-hydrogen) atoms. The second-order valence-electron chi connectivity index (χ2n) is 8.55. The fourth-order valence-electron chi connectivity index (χ4n) is 4.13. The topological polar surface area (TPSA) is 95.6 Å². The Hall–Kier alpha value is -2.91. The van der Waals surface area contributed by atoms with Crippen LogP contribution in [-0.2, 0) is 0 Å². The lowest BCUT2D eigenvalue weighted by Gasteiger charge is -2.26. The molecule has 0 amide bonds. The van der Waals surface area contributed by atoms with Crippen LogP contribution in [-0.4, -0.2) is 53.2 Å². The number of aromatic nitrogens is 3. The molecule has 4 rings (SSSR count). The zero-order valence-electron chi connectivity index (χ0n) is 20.3. The molecule has 8 nitrogen and oxygen atoms in total. The first-order valence-corrected chi connectivity index (χ1v) is 12.5. The highest BCUT2D eigenvalue weighted by Gasteiger charge is 2.19. The molecule has 182 valence electrons. The van der Waals surface area contributed by atoms with Gasteiger partial charge in [0.1, 0.15) is 23.5 Å². The monoisotopic (exact) mass is 483 g/mol. The molecule has 1 fully saturated rings. The number of piperidine rings is 1. The highest BCUT2D eigenvalue weighted by molar-refractivity contribution is 7.15. The zero-order valence-corrected chi connectivity index (χ0v) is 21.2. The van der Waals surface area contributed by atoms with Crippen LogP contribution < -0.4 is 19.9 Å². The van der Waals surface area contributed by atoms with Crippen LogP contribution in [0.4, 0.5) is 5.82 Å². The maximum Gasteiger partial charge on any atom is 0.319 e. The van der Waals surface area contributed by atoms with Gasteiger partial charge < -0.3 is 19.9 Å². The van der Waals surface area contributed by atoms with Crippen molar-refractivity contribution in [3.63, 3.8) is 0 Å². The number of nitrogen functional groups attached to an aromatic ring is 1. The summed E-state index contributed by atoms with van der Waals surface area (Å²) in [6.45, 7) is 9.71. The molecule has 0 bridgehead atoms. The van der Waals surface area contributed by atoms with E-state index in [1.54, 1.807) is 24.5 Å². The van der Waals surface area contributed by atoms with Crippen LogP contribution >= 0.6 is 11.3 Å². The molecular weight excluding hydrogens is 450 g/mol. The summed E-state index contributed by atoms with van der Waals surface area (Å²) in [4.78, 5) is 16.9. The number of hydrogen-bond donors (Lipinski definition) is 1. The molecule has 2 N–H and O–H groups in total. The van der Waals surface area contributed by atoms with Crippen molar-refractivity contribution in [2.75, 3.05) is 39.1 Å². The van der Waals surface area contributed by atoms with Crippen molar-refractivity contribution >= 4 is 17.2 Å². The number of nitrogens with zero attached hydrogens (tertiary/aromatic N) is 4. The molecule has 1 aliphatic rings. The smallest absolute Gasteiger partial charge is 0.319 e. The van der Waals surface area contributed by atoms with E-state index in [1.807, 2.05) is 39.0 Å². The predicted molar refractivity (Wildman–Crippen MR) is 135 cm³/mol. The molecule has 1 saturated heterocycles. The molecule has 2 aromatic heterocycles. The molecule has 0 aliphatic carbocycles. The number of nitrogens with two attached hydrogens (primary N) is 1. The van der Waals surface area contributed by atoms with E-state index in [9.17, 15) is 0 Å². The van der Waals surface area contributed by atoms with Crippen LogP contribution in [0.2, 0.25) is 0 Å². The molecule has 0 unspecified atom stereocenters. The third kappa shape index (κ3) is 5.95. The molecule has 0 spiro atoms. The van der Waals surface area contributed by atoms with Crippen molar-refractivity contribution in [1.29, 1.82) is 0 Å². The van der Waals surface area contributed by atoms with Crippen LogP contribution in [0, 0.1) is 13.8 Å². The van der Waals surface area contributed by atoms with Crippen molar-refractivity contribution in [1.82, 2.24) is 19.9 Å². The number of benzene rings is 1. The van der Waals surface area contributed by atoms with E-state index < -0.39 is 0 Å². The van der Waals surface area contributed by atoms with Gasteiger partial charge in [-0.2, -0.15) is 4.98 Å². The van der Waals surface area contributed by atoms with Gasteiger partial charge in [0.15, 0.2) is 11.5 Å². The van der Waals surface area contributed by atoms with E-state index in [-0.39, 0.29) is 12.1 Å². The molecule has 0 radical (unpaired) electrons. The van der Waals surface area contributed by atoms with E-state index in [4.69, 9.17) is 24.9 Å². The third-order valence-corrected chi connectivity index (χ3v) is 6.91. The summed E-state index contributed by atoms with van der Waals surface area (Å²) >= 11 is 1.62. The molecule has 3 aromatic rings. The number of aryl methyl sites for hydroxylation is 2. The van der Waals surface area contributed by atoms with Crippen molar-refractivity contribution in [3.8, 4) is 28.1 Å². The summed E-state index contributed by atoms with van der Waals surface area (Å²) in [5.41, 5.74) is 8.43. The standard InChI is InChI=1S/C25H33N5O3S/c1-16-14-22(26)28-25(27-16)33-17(2)23-18(3)34-24(29-23)19-8-9-20(31-4)21(15-19)32-13-12-30-10-6-5-7-11-30/h8-9,14-15,17H,5-7,10-13H2,1-4H3,(H2,26,27,28)/t17-/m0/s1. The Morgan fingerprint density at radius 3 is 2.59 bits per heavy atom. The molecule has 1 atom stereocenters.